The van der Waals surface area contributed by atoms with Crippen LogP contribution in [0.2, 0.25) is 0 Å². The second-order valence-electron chi connectivity index (χ2n) is 22.0. The van der Waals surface area contributed by atoms with Gasteiger partial charge in [0.15, 0.2) is 6.10 Å². The van der Waals surface area contributed by atoms with Crippen molar-refractivity contribution in [3.63, 3.8) is 0 Å². The standard InChI is InChI=1S/C69H124O6/c1-4-7-10-13-16-19-22-24-25-26-27-28-29-30-31-32-33-34-35-36-37-38-39-40-41-42-43-45-47-50-53-56-59-62-68(71)74-65-66(64-73-67(70)61-58-55-52-49-46-21-18-15-12-9-6-3)75-69(72)63-60-57-54-51-48-44-23-20-17-14-11-8-5-2/h8,11,15,17-18,20,44,48,54,57,66H,4-7,9-10,12-14,16,19,21-43,45-47,49-53,55-56,58-65H2,1-3H3/b11-8-,18-15-,20-17-,48-44-,57-54-. The summed E-state index contributed by atoms with van der Waals surface area (Å²) in [6.45, 7) is 6.45. The topological polar surface area (TPSA) is 78.9 Å². The average Bonchev–Trinajstić information content (AvgIpc) is 3.41. The van der Waals surface area contributed by atoms with E-state index in [2.05, 4.69) is 75.5 Å². The number of carbonyl (C=O) groups is 3. The van der Waals surface area contributed by atoms with E-state index in [1.165, 1.54) is 218 Å². The van der Waals surface area contributed by atoms with Gasteiger partial charge < -0.3 is 14.2 Å². The first-order chi connectivity index (χ1) is 37.0. The molecule has 0 saturated carbocycles. The minimum atomic E-state index is -0.814. The summed E-state index contributed by atoms with van der Waals surface area (Å²) in [5, 5.41) is 0. The normalized spacial score (nSPS) is 12.4. The molecule has 0 aromatic carbocycles. The van der Waals surface area contributed by atoms with Gasteiger partial charge in [-0.3, -0.25) is 14.4 Å². The van der Waals surface area contributed by atoms with Gasteiger partial charge in [-0.1, -0.05) is 319 Å². The highest BCUT2D eigenvalue weighted by Gasteiger charge is 2.19. The van der Waals surface area contributed by atoms with Gasteiger partial charge in [0.05, 0.1) is 0 Å². The molecule has 6 nitrogen and oxygen atoms in total. The van der Waals surface area contributed by atoms with Gasteiger partial charge in [-0.05, 0) is 64.2 Å². The van der Waals surface area contributed by atoms with E-state index in [-0.39, 0.29) is 37.5 Å². The minimum absolute atomic E-state index is 0.103. The summed E-state index contributed by atoms with van der Waals surface area (Å²) in [5.41, 5.74) is 0. The van der Waals surface area contributed by atoms with Crippen LogP contribution in [0.15, 0.2) is 60.8 Å². The van der Waals surface area contributed by atoms with Gasteiger partial charge >= 0.3 is 17.9 Å². The Morgan fingerprint density at radius 2 is 0.560 bits per heavy atom. The molecular weight excluding hydrogens is 925 g/mol. The van der Waals surface area contributed by atoms with Crippen LogP contribution in [-0.2, 0) is 28.6 Å². The van der Waals surface area contributed by atoms with Gasteiger partial charge in [0.25, 0.3) is 0 Å². The molecule has 0 spiro atoms. The molecule has 0 aromatic rings. The lowest BCUT2D eigenvalue weighted by Crippen LogP contribution is -2.30. The first-order valence-electron chi connectivity index (χ1n) is 32.8. The quantitative estimate of drug-likeness (QED) is 0.0261. The highest BCUT2D eigenvalue weighted by molar-refractivity contribution is 5.71. The molecule has 0 bridgehead atoms. The van der Waals surface area contributed by atoms with Crippen LogP contribution in [-0.4, -0.2) is 37.2 Å². The molecule has 6 heteroatoms. The third-order valence-corrected chi connectivity index (χ3v) is 14.5. The maximum absolute atomic E-state index is 12.8. The molecule has 0 amide bonds. The molecule has 0 fully saturated rings. The lowest BCUT2D eigenvalue weighted by Gasteiger charge is -2.18. The fraction of sp³-hybridized carbons (Fsp3) is 0.812. The largest absolute Gasteiger partial charge is 0.462 e. The van der Waals surface area contributed by atoms with Crippen molar-refractivity contribution in [1.82, 2.24) is 0 Å². The first-order valence-corrected chi connectivity index (χ1v) is 32.8. The zero-order chi connectivity index (χ0) is 54.3. The van der Waals surface area contributed by atoms with Crippen LogP contribution in [0.4, 0.5) is 0 Å². The molecule has 0 aliphatic rings. The van der Waals surface area contributed by atoms with E-state index >= 15 is 0 Å². The Morgan fingerprint density at radius 3 is 0.907 bits per heavy atom. The second kappa shape index (κ2) is 63.6. The van der Waals surface area contributed by atoms with Crippen LogP contribution in [0.25, 0.3) is 0 Å². The Hall–Kier alpha value is -2.89. The molecular formula is C69H124O6. The van der Waals surface area contributed by atoms with Crippen molar-refractivity contribution in [2.75, 3.05) is 13.2 Å². The van der Waals surface area contributed by atoms with E-state index < -0.39 is 6.10 Å². The van der Waals surface area contributed by atoms with Crippen LogP contribution in [0.3, 0.4) is 0 Å². The Bertz CT molecular complexity index is 1340. The number of hydrogen-bond donors (Lipinski definition) is 0. The maximum Gasteiger partial charge on any atom is 0.306 e. The predicted octanol–water partition coefficient (Wildman–Crippen LogP) is 22.3. The van der Waals surface area contributed by atoms with Crippen molar-refractivity contribution in [2.24, 2.45) is 0 Å². The van der Waals surface area contributed by atoms with Crippen LogP contribution in [0, 0.1) is 0 Å². The van der Waals surface area contributed by atoms with Crippen molar-refractivity contribution in [2.45, 2.75) is 348 Å². The van der Waals surface area contributed by atoms with Crippen LogP contribution >= 0.6 is 0 Å². The highest BCUT2D eigenvalue weighted by atomic mass is 16.6. The van der Waals surface area contributed by atoms with Gasteiger partial charge in [-0.25, -0.2) is 0 Å². The van der Waals surface area contributed by atoms with Crippen molar-refractivity contribution >= 4 is 17.9 Å². The van der Waals surface area contributed by atoms with Crippen LogP contribution in [0.1, 0.15) is 342 Å². The van der Waals surface area contributed by atoms with E-state index in [4.69, 9.17) is 14.2 Å². The van der Waals surface area contributed by atoms with E-state index in [9.17, 15) is 14.4 Å². The van der Waals surface area contributed by atoms with E-state index in [0.29, 0.717) is 19.3 Å². The van der Waals surface area contributed by atoms with Crippen molar-refractivity contribution in [3.8, 4) is 0 Å². The predicted molar refractivity (Wildman–Crippen MR) is 325 cm³/mol. The van der Waals surface area contributed by atoms with E-state index in [0.717, 1.165) is 77.0 Å². The zero-order valence-electron chi connectivity index (χ0n) is 50.1. The number of rotatable bonds is 60. The summed E-state index contributed by atoms with van der Waals surface area (Å²) in [6.07, 6.45) is 81.5. The van der Waals surface area contributed by atoms with Crippen LogP contribution in [0.5, 0.6) is 0 Å². The molecule has 75 heavy (non-hydrogen) atoms. The number of allylic oxidation sites excluding steroid dienone is 10. The smallest absolute Gasteiger partial charge is 0.306 e. The Kier molecular flexibility index (Phi) is 61.2. The van der Waals surface area contributed by atoms with Crippen LogP contribution < -0.4 is 0 Å². The Balaban J connectivity index is 4.05. The molecule has 0 saturated heterocycles. The van der Waals surface area contributed by atoms with E-state index in [1.54, 1.807) is 0 Å². The third kappa shape index (κ3) is 61.8. The number of carbonyl (C=O) groups excluding carboxylic acids is 3. The lowest BCUT2D eigenvalue weighted by atomic mass is 10.0. The SMILES string of the molecule is CC/C=C\C/C=C\C/C=C\C/C=C\CCC(=O)OC(COC(=O)CCCCCCC/C=C\CCCC)COC(=O)CCCCCCCCCCCCCCCCCCCCCCCCCCCCCCCCCCC. The molecule has 0 aliphatic heterocycles. The maximum atomic E-state index is 12.8. The van der Waals surface area contributed by atoms with Crippen molar-refractivity contribution in [1.29, 1.82) is 0 Å². The van der Waals surface area contributed by atoms with Crippen molar-refractivity contribution < 1.29 is 28.6 Å². The number of hydrogen-bond acceptors (Lipinski definition) is 6. The molecule has 0 aromatic heterocycles. The summed E-state index contributed by atoms with van der Waals surface area (Å²) in [7, 11) is 0. The monoisotopic (exact) mass is 1050 g/mol. The molecule has 0 rings (SSSR count). The van der Waals surface area contributed by atoms with Gasteiger partial charge in [0.1, 0.15) is 13.2 Å². The number of unbranched alkanes of at least 4 members (excludes halogenated alkanes) is 39. The Labute approximate surface area is 466 Å². The average molecular weight is 1050 g/mol. The number of ether oxygens (including phenoxy) is 3. The highest BCUT2D eigenvalue weighted by Crippen LogP contribution is 2.18. The summed E-state index contributed by atoms with van der Waals surface area (Å²) in [6, 6.07) is 0. The van der Waals surface area contributed by atoms with Gasteiger partial charge in [0.2, 0.25) is 0 Å². The minimum Gasteiger partial charge on any atom is -0.462 e. The van der Waals surface area contributed by atoms with Gasteiger partial charge in [-0.2, -0.15) is 0 Å². The first kappa shape index (κ1) is 72.1. The summed E-state index contributed by atoms with van der Waals surface area (Å²) >= 11 is 0. The third-order valence-electron chi connectivity index (χ3n) is 14.5. The van der Waals surface area contributed by atoms with Gasteiger partial charge in [-0.15, -0.1) is 0 Å². The Morgan fingerprint density at radius 1 is 0.280 bits per heavy atom. The molecule has 0 radical (unpaired) electrons. The fourth-order valence-electron chi connectivity index (χ4n) is 9.62. The number of esters is 3. The zero-order valence-corrected chi connectivity index (χ0v) is 50.1. The van der Waals surface area contributed by atoms with Crippen molar-refractivity contribution in [3.05, 3.63) is 60.8 Å². The summed E-state index contributed by atoms with van der Waals surface area (Å²) in [5.74, 6) is -0.983. The molecule has 1 atom stereocenters. The molecule has 0 heterocycles. The van der Waals surface area contributed by atoms with Gasteiger partial charge in [0, 0.05) is 19.3 Å². The molecule has 0 aliphatic carbocycles. The molecule has 1 unspecified atom stereocenters. The van der Waals surface area contributed by atoms with E-state index in [1.807, 2.05) is 6.08 Å². The lowest BCUT2D eigenvalue weighted by molar-refractivity contribution is -0.166. The second-order valence-corrected chi connectivity index (χ2v) is 22.0. The fourth-order valence-corrected chi connectivity index (χ4v) is 9.62. The molecule has 436 valence electrons. The molecule has 0 N–H and O–H groups in total. The summed E-state index contributed by atoms with van der Waals surface area (Å²) in [4.78, 5) is 38.1. The summed E-state index contributed by atoms with van der Waals surface area (Å²) < 4.78 is 16.8.